The minimum atomic E-state index is -0.322. The van der Waals surface area contributed by atoms with Crippen LogP contribution in [-0.2, 0) is 14.3 Å². The van der Waals surface area contributed by atoms with Crippen LogP contribution in [0.2, 0.25) is 0 Å². The van der Waals surface area contributed by atoms with Crippen molar-refractivity contribution in [1.29, 1.82) is 0 Å². The topological polar surface area (TPSA) is 73.6 Å². The van der Waals surface area contributed by atoms with Crippen LogP contribution in [0.25, 0.3) is 5.57 Å². The number of esters is 1. The van der Waals surface area contributed by atoms with Crippen molar-refractivity contribution in [2.45, 2.75) is 93.6 Å². The summed E-state index contributed by atoms with van der Waals surface area (Å²) in [6, 6.07) is 3.58. The second kappa shape index (κ2) is 9.56. The first-order chi connectivity index (χ1) is 17.2. The Kier molecular flexibility index (Phi) is 7.07. The molecule has 37 heavy (non-hydrogen) atoms. The highest BCUT2D eigenvalue weighted by Gasteiger charge is 2.65. The van der Waals surface area contributed by atoms with Crippen LogP contribution < -0.4 is 5.63 Å². The van der Waals surface area contributed by atoms with Gasteiger partial charge in [0.1, 0.15) is 11.9 Å². The zero-order valence-electron chi connectivity index (χ0n) is 23.7. The van der Waals surface area contributed by atoms with Gasteiger partial charge in [0.05, 0.1) is 0 Å². The lowest BCUT2D eigenvalue weighted by Crippen LogP contribution is -2.58. The molecule has 0 unspecified atom stereocenters. The Morgan fingerprint density at radius 2 is 1.73 bits per heavy atom. The van der Waals surface area contributed by atoms with E-state index in [0.717, 1.165) is 42.4 Å². The summed E-state index contributed by atoms with van der Waals surface area (Å²) in [7, 11) is 0. The molecule has 0 amide bonds. The van der Waals surface area contributed by atoms with Crippen molar-refractivity contribution >= 4 is 17.3 Å². The normalized spacial score (nSPS) is 34.8. The summed E-state index contributed by atoms with van der Waals surface area (Å²) in [6.07, 6.45) is 10.2. The van der Waals surface area contributed by atoms with Crippen LogP contribution in [0, 0.1) is 35.0 Å². The van der Waals surface area contributed by atoms with E-state index < -0.39 is 0 Å². The first-order valence-corrected chi connectivity index (χ1v) is 13.6. The lowest BCUT2D eigenvalue weighted by molar-refractivity contribution is -0.185. The molecule has 5 nitrogen and oxygen atoms in total. The van der Waals surface area contributed by atoms with Gasteiger partial charge in [0, 0.05) is 35.3 Å². The summed E-state index contributed by atoms with van der Waals surface area (Å²) in [5.74, 6) is 1.28. The summed E-state index contributed by atoms with van der Waals surface area (Å²) in [4.78, 5) is 37.2. The summed E-state index contributed by atoms with van der Waals surface area (Å²) < 4.78 is 11.2. The predicted octanol–water partition coefficient (Wildman–Crippen LogP) is 6.99. The van der Waals surface area contributed by atoms with Gasteiger partial charge in [0.2, 0.25) is 0 Å². The number of Topliss-reactive ketones (excluding diaryl/α,β-unsaturated/α-hetero) is 1. The van der Waals surface area contributed by atoms with Gasteiger partial charge in [-0.1, -0.05) is 45.9 Å². The molecule has 3 aliphatic carbocycles. The van der Waals surface area contributed by atoms with Gasteiger partial charge in [-0.2, -0.15) is 0 Å². The largest absolute Gasteiger partial charge is 0.462 e. The molecule has 1 aromatic heterocycles. The molecule has 4 rings (SSSR count). The Labute approximate surface area is 221 Å². The minimum absolute atomic E-state index is 0.0219. The van der Waals surface area contributed by atoms with Gasteiger partial charge in [0.25, 0.3) is 0 Å². The molecule has 200 valence electrons. The number of fused-ring (bicyclic) bond motifs is 3. The highest BCUT2D eigenvalue weighted by atomic mass is 16.5. The van der Waals surface area contributed by atoms with E-state index in [1.165, 1.54) is 6.92 Å². The van der Waals surface area contributed by atoms with Crippen molar-refractivity contribution in [2.75, 3.05) is 0 Å². The average molecular weight is 507 g/mol. The fourth-order valence-electron chi connectivity index (χ4n) is 8.17. The minimum Gasteiger partial charge on any atom is -0.462 e. The maximum Gasteiger partial charge on any atom is 0.339 e. The van der Waals surface area contributed by atoms with Crippen LogP contribution >= 0.6 is 0 Å². The van der Waals surface area contributed by atoms with Gasteiger partial charge >= 0.3 is 11.6 Å². The number of allylic oxidation sites excluding steroid dienone is 6. The van der Waals surface area contributed by atoms with E-state index in [1.54, 1.807) is 13.0 Å². The summed E-state index contributed by atoms with van der Waals surface area (Å²) in [6.45, 7) is 16.4. The molecular formula is C32H42O5. The molecule has 5 atom stereocenters. The summed E-state index contributed by atoms with van der Waals surface area (Å²) >= 11 is 0. The Balaban J connectivity index is 1.62. The zero-order valence-corrected chi connectivity index (χ0v) is 23.7. The Morgan fingerprint density at radius 3 is 2.38 bits per heavy atom. The van der Waals surface area contributed by atoms with Crippen molar-refractivity contribution in [2.24, 2.45) is 28.1 Å². The van der Waals surface area contributed by atoms with E-state index in [1.807, 2.05) is 38.1 Å². The molecule has 5 heteroatoms. The van der Waals surface area contributed by atoms with Gasteiger partial charge in [-0.05, 0) is 87.0 Å². The predicted molar refractivity (Wildman–Crippen MR) is 146 cm³/mol. The Bertz CT molecular complexity index is 1260. The summed E-state index contributed by atoms with van der Waals surface area (Å²) in [5, 5.41) is 0. The number of rotatable bonds is 4. The lowest BCUT2D eigenvalue weighted by Gasteiger charge is -2.62. The molecule has 0 radical (unpaired) electrons. The Morgan fingerprint density at radius 1 is 1.03 bits per heavy atom. The highest BCUT2D eigenvalue weighted by molar-refractivity contribution is 6.00. The van der Waals surface area contributed by atoms with Crippen LogP contribution in [0.1, 0.15) is 91.9 Å². The SMILES string of the molecule is CC(=O)O[C@H]1CC[C@@]2(C)[C@@H](CC[C@]3(C)/C(=C(C)/C=C/C=C(/C)c4ccc(C)c(=O)o4)C(=O)C[C@@H]23)C1(C)C. The molecule has 0 N–H and O–H groups in total. The number of aryl methyl sites for hydroxylation is 1. The molecule has 0 saturated heterocycles. The maximum atomic E-state index is 13.5. The van der Waals surface area contributed by atoms with E-state index in [-0.39, 0.29) is 45.6 Å². The third-order valence-corrected chi connectivity index (χ3v) is 10.0. The maximum absolute atomic E-state index is 13.5. The highest BCUT2D eigenvalue weighted by Crippen LogP contribution is 2.69. The number of hydrogen-bond donors (Lipinski definition) is 0. The molecule has 0 aromatic carbocycles. The van der Waals surface area contributed by atoms with Crippen molar-refractivity contribution in [3.05, 3.63) is 63.3 Å². The van der Waals surface area contributed by atoms with Crippen LogP contribution in [0.15, 0.2) is 50.7 Å². The van der Waals surface area contributed by atoms with E-state index in [2.05, 4.69) is 27.7 Å². The molecule has 0 spiro atoms. The van der Waals surface area contributed by atoms with Crippen molar-refractivity contribution in [3.8, 4) is 0 Å². The third-order valence-electron chi connectivity index (χ3n) is 10.0. The summed E-state index contributed by atoms with van der Waals surface area (Å²) in [5.41, 5.74) is 2.84. The molecular weight excluding hydrogens is 464 g/mol. The number of ketones is 1. The van der Waals surface area contributed by atoms with Crippen LogP contribution in [-0.4, -0.2) is 17.9 Å². The van der Waals surface area contributed by atoms with Gasteiger partial charge < -0.3 is 9.15 Å². The second-order valence-corrected chi connectivity index (χ2v) is 12.7. The van der Waals surface area contributed by atoms with Gasteiger partial charge in [-0.15, -0.1) is 0 Å². The van der Waals surface area contributed by atoms with Crippen LogP contribution in [0.4, 0.5) is 0 Å². The van der Waals surface area contributed by atoms with E-state index >= 15 is 0 Å². The van der Waals surface area contributed by atoms with Crippen molar-refractivity contribution in [3.63, 3.8) is 0 Å². The fourth-order valence-corrected chi connectivity index (χ4v) is 8.17. The second-order valence-electron chi connectivity index (χ2n) is 12.7. The van der Waals surface area contributed by atoms with Crippen molar-refractivity contribution < 1.29 is 18.7 Å². The van der Waals surface area contributed by atoms with Gasteiger partial charge in [-0.3, -0.25) is 9.59 Å². The molecule has 1 aromatic rings. The monoisotopic (exact) mass is 506 g/mol. The number of hydrogen-bond acceptors (Lipinski definition) is 5. The fraction of sp³-hybridized carbons (Fsp3) is 0.594. The van der Waals surface area contributed by atoms with Gasteiger partial charge in [-0.25, -0.2) is 4.79 Å². The van der Waals surface area contributed by atoms with E-state index in [9.17, 15) is 14.4 Å². The first kappa shape index (κ1) is 27.3. The van der Waals surface area contributed by atoms with E-state index in [4.69, 9.17) is 9.15 Å². The molecule has 3 aliphatic rings. The van der Waals surface area contributed by atoms with Crippen molar-refractivity contribution in [1.82, 2.24) is 0 Å². The number of carbonyl (C=O) groups is 2. The lowest BCUT2D eigenvalue weighted by atomic mass is 9.43. The Hall–Kier alpha value is -2.69. The van der Waals surface area contributed by atoms with E-state index in [0.29, 0.717) is 23.7 Å². The molecule has 3 saturated carbocycles. The smallest absolute Gasteiger partial charge is 0.339 e. The standard InChI is InChI=1S/C32H42O5/c1-19(24-13-12-21(3)29(35)37-24)10-9-11-20(2)28-23(34)18-26-31(7)17-15-27(36-22(4)33)30(5,6)25(31)14-16-32(26,28)8/h9-13,25-27H,14-18H2,1-8H3/b11-9+,19-10-,28-20+/t25-,26-,27-,31-,32-/m0/s1. The molecule has 0 bridgehead atoms. The van der Waals surface area contributed by atoms with Gasteiger partial charge in [0.15, 0.2) is 5.78 Å². The molecule has 0 aliphatic heterocycles. The zero-order chi connectivity index (χ0) is 27.3. The number of carbonyl (C=O) groups excluding carboxylic acids is 2. The quantitative estimate of drug-likeness (QED) is 0.250. The molecule has 3 fully saturated rings. The van der Waals surface area contributed by atoms with Crippen LogP contribution in [0.3, 0.4) is 0 Å². The number of ether oxygens (including phenoxy) is 1. The first-order valence-electron chi connectivity index (χ1n) is 13.6. The molecule has 1 heterocycles. The van der Waals surface area contributed by atoms with Crippen LogP contribution in [0.5, 0.6) is 0 Å². The average Bonchev–Trinajstić information content (AvgIpc) is 3.08. The third kappa shape index (κ3) is 4.59.